The van der Waals surface area contributed by atoms with E-state index in [9.17, 15) is 9.90 Å². The molecule has 0 bridgehead atoms. The van der Waals surface area contributed by atoms with Crippen LogP contribution in [0.3, 0.4) is 0 Å². The average Bonchev–Trinajstić information content (AvgIpc) is 3.26. The van der Waals surface area contributed by atoms with Crippen LogP contribution in [0.15, 0.2) is 34.0 Å². The number of nitrogen functional groups attached to an aromatic ring is 1. The number of phenols is 1. The topological polar surface area (TPSA) is 167 Å². The van der Waals surface area contributed by atoms with Crippen molar-refractivity contribution in [3.63, 3.8) is 0 Å². The fourth-order valence-corrected chi connectivity index (χ4v) is 2.29. The molecule has 0 atom stereocenters. The number of rotatable bonds is 6. The number of nitrogens with zero attached hydrogens (tertiary/aromatic N) is 6. The zero-order valence-corrected chi connectivity index (χ0v) is 14.4. The maximum absolute atomic E-state index is 12.7. The third-order valence-corrected chi connectivity index (χ3v) is 3.55. The van der Waals surface area contributed by atoms with Gasteiger partial charge in [-0.15, -0.1) is 5.10 Å². The fraction of sp³-hybridized carbons (Fsp3) is 0.200. The molecule has 4 N–H and O–H groups in total. The number of hydrogen-bond acceptors (Lipinski definition) is 10. The highest BCUT2D eigenvalue weighted by Gasteiger charge is 2.25. The van der Waals surface area contributed by atoms with Gasteiger partial charge in [-0.2, -0.15) is 9.78 Å². The summed E-state index contributed by atoms with van der Waals surface area (Å²) in [5.74, 6) is -0.645. The predicted molar refractivity (Wildman–Crippen MR) is 92.1 cm³/mol. The predicted octanol–water partition coefficient (Wildman–Crippen LogP) is 0.239. The molecule has 2 aromatic heterocycles. The molecule has 12 heteroatoms. The molecule has 2 heterocycles. The van der Waals surface area contributed by atoms with Gasteiger partial charge in [-0.25, -0.2) is 10.1 Å². The van der Waals surface area contributed by atoms with Crippen molar-refractivity contribution < 1.29 is 19.3 Å². The second kappa shape index (κ2) is 7.61. The van der Waals surface area contributed by atoms with Crippen molar-refractivity contribution in [2.24, 2.45) is 5.10 Å². The number of hydrogen-bond donors (Lipinski definition) is 3. The summed E-state index contributed by atoms with van der Waals surface area (Å²) in [4.78, 5) is 12.7. The summed E-state index contributed by atoms with van der Waals surface area (Å²) >= 11 is 0. The summed E-state index contributed by atoms with van der Waals surface area (Å²) < 4.78 is 10.7. The standard InChI is InChI=1S/C15H16N8O4/c1-8(9-5-3-4-6-11(9)24)17-19-15(25)12-10(7-26-2)18-22-23(12)14-13(16)20-27-21-14/h3-6,24H,7H2,1-2H3,(H2,16,20)(H,19,25)/b17-8+. The van der Waals surface area contributed by atoms with Gasteiger partial charge in [0, 0.05) is 12.7 Å². The molecule has 0 unspecified atom stereocenters. The molecule has 3 rings (SSSR count). The van der Waals surface area contributed by atoms with Crippen LogP contribution in [0.25, 0.3) is 5.82 Å². The second-order valence-corrected chi connectivity index (χ2v) is 5.36. The quantitative estimate of drug-likeness (QED) is 0.405. The molecule has 12 nitrogen and oxygen atoms in total. The molecule has 0 aliphatic heterocycles. The van der Waals surface area contributed by atoms with Crippen LogP contribution in [-0.4, -0.2) is 49.1 Å². The van der Waals surface area contributed by atoms with E-state index < -0.39 is 5.91 Å². The van der Waals surface area contributed by atoms with Gasteiger partial charge < -0.3 is 15.6 Å². The van der Waals surface area contributed by atoms with Crippen LogP contribution in [0.5, 0.6) is 5.75 Å². The Hall–Kier alpha value is -3.80. The number of hydrazone groups is 1. The number of carbonyl (C=O) groups excluding carboxylic acids is 1. The number of carbonyl (C=O) groups is 1. The Morgan fingerprint density at radius 1 is 1.41 bits per heavy atom. The maximum atomic E-state index is 12.7. The highest BCUT2D eigenvalue weighted by atomic mass is 16.6. The SMILES string of the molecule is COCc1nnn(-c2nonc2N)c1C(=O)N/N=C(\C)c1ccccc1O. The van der Waals surface area contributed by atoms with Crippen LogP contribution in [-0.2, 0) is 11.3 Å². The highest BCUT2D eigenvalue weighted by molar-refractivity contribution is 6.02. The van der Waals surface area contributed by atoms with Crippen molar-refractivity contribution in [2.75, 3.05) is 12.8 Å². The van der Waals surface area contributed by atoms with Crippen LogP contribution in [0.4, 0.5) is 5.82 Å². The molecule has 3 aromatic rings. The molecule has 0 saturated carbocycles. The van der Waals surface area contributed by atoms with Gasteiger partial charge in [0.25, 0.3) is 5.91 Å². The van der Waals surface area contributed by atoms with Gasteiger partial charge in [-0.1, -0.05) is 17.3 Å². The number of ether oxygens (including phenoxy) is 1. The molecular weight excluding hydrogens is 356 g/mol. The Morgan fingerprint density at radius 3 is 2.85 bits per heavy atom. The Labute approximate surface area is 152 Å². The van der Waals surface area contributed by atoms with Gasteiger partial charge in [-0.05, 0) is 29.4 Å². The van der Waals surface area contributed by atoms with E-state index in [0.717, 1.165) is 4.68 Å². The minimum Gasteiger partial charge on any atom is -0.507 e. The van der Waals surface area contributed by atoms with E-state index in [-0.39, 0.29) is 35.4 Å². The number of nitrogens with two attached hydrogens (primary N) is 1. The van der Waals surface area contributed by atoms with Crippen molar-refractivity contribution in [2.45, 2.75) is 13.5 Å². The largest absolute Gasteiger partial charge is 0.507 e. The Morgan fingerprint density at radius 2 is 2.19 bits per heavy atom. The number of para-hydroxylation sites is 1. The van der Waals surface area contributed by atoms with Gasteiger partial charge in [-0.3, -0.25) is 4.79 Å². The number of amides is 1. The zero-order chi connectivity index (χ0) is 19.4. The zero-order valence-electron chi connectivity index (χ0n) is 14.4. The van der Waals surface area contributed by atoms with E-state index in [1.807, 2.05) is 0 Å². The third-order valence-electron chi connectivity index (χ3n) is 3.55. The van der Waals surface area contributed by atoms with Crippen LogP contribution in [0.1, 0.15) is 28.7 Å². The first kappa shape index (κ1) is 18.0. The van der Waals surface area contributed by atoms with Gasteiger partial charge in [0.05, 0.1) is 12.3 Å². The van der Waals surface area contributed by atoms with E-state index in [4.69, 9.17) is 10.5 Å². The Balaban J connectivity index is 1.92. The van der Waals surface area contributed by atoms with Crippen LogP contribution in [0, 0.1) is 0 Å². The number of aromatic nitrogens is 5. The molecule has 0 spiro atoms. The lowest BCUT2D eigenvalue weighted by Gasteiger charge is -2.06. The summed E-state index contributed by atoms with van der Waals surface area (Å²) in [6, 6.07) is 6.62. The van der Waals surface area contributed by atoms with E-state index in [2.05, 4.69) is 35.8 Å². The number of methoxy groups -OCH3 is 1. The molecule has 140 valence electrons. The minimum atomic E-state index is -0.635. The first-order valence-corrected chi connectivity index (χ1v) is 7.67. The number of anilines is 1. The van der Waals surface area contributed by atoms with Crippen molar-refractivity contribution in [3.8, 4) is 11.6 Å². The van der Waals surface area contributed by atoms with E-state index in [0.29, 0.717) is 11.3 Å². The summed E-state index contributed by atoms with van der Waals surface area (Å²) in [5.41, 5.74) is 9.19. The van der Waals surface area contributed by atoms with Gasteiger partial charge in [0.1, 0.15) is 11.4 Å². The molecule has 1 aromatic carbocycles. The first-order chi connectivity index (χ1) is 13.0. The molecule has 0 fully saturated rings. The summed E-state index contributed by atoms with van der Waals surface area (Å²) in [5, 5.41) is 28.7. The summed E-state index contributed by atoms with van der Waals surface area (Å²) in [7, 11) is 1.45. The monoisotopic (exact) mass is 372 g/mol. The molecular formula is C15H16N8O4. The van der Waals surface area contributed by atoms with Gasteiger partial charge in [0.2, 0.25) is 11.6 Å². The molecule has 0 saturated heterocycles. The molecule has 27 heavy (non-hydrogen) atoms. The minimum absolute atomic E-state index is 0.00748. The van der Waals surface area contributed by atoms with Crippen molar-refractivity contribution in [1.82, 2.24) is 30.7 Å². The summed E-state index contributed by atoms with van der Waals surface area (Å²) in [6.45, 7) is 1.66. The lowest BCUT2D eigenvalue weighted by molar-refractivity contribution is 0.0941. The van der Waals surface area contributed by atoms with Crippen molar-refractivity contribution in [1.29, 1.82) is 0 Å². The van der Waals surface area contributed by atoms with Crippen LogP contribution in [0.2, 0.25) is 0 Å². The van der Waals surface area contributed by atoms with E-state index >= 15 is 0 Å². The molecule has 1 amide bonds. The van der Waals surface area contributed by atoms with E-state index in [1.54, 1.807) is 25.1 Å². The molecule has 0 aliphatic carbocycles. The number of nitrogens with one attached hydrogen (secondary N) is 1. The Kier molecular flexibility index (Phi) is 5.08. The van der Waals surface area contributed by atoms with Crippen molar-refractivity contribution in [3.05, 3.63) is 41.2 Å². The lowest BCUT2D eigenvalue weighted by Crippen LogP contribution is -2.24. The second-order valence-electron chi connectivity index (χ2n) is 5.36. The fourth-order valence-electron chi connectivity index (χ4n) is 2.29. The third kappa shape index (κ3) is 3.59. The lowest BCUT2D eigenvalue weighted by atomic mass is 10.1. The molecule has 0 aliphatic rings. The smallest absolute Gasteiger partial charge is 0.292 e. The first-order valence-electron chi connectivity index (χ1n) is 7.67. The molecule has 0 radical (unpaired) electrons. The number of benzene rings is 1. The number of aromatic hydroxyl groups is 1. The van der Waals surface area contributed by atoms with Crippen molar-refractivity contribution >= 4 is 17.4 Å². The highest BCUT2D eigenvalue weighted by Crippen LogP contribution is 2.18. The number of phenolic OH excluding ortho intramolecular Hbond substituents is 1. The average molecular weight is 372 g/mol. The Bertz CT molecular complexity index is 993. The van der Waals surface area contributed by atoms with Crippen LogP contribution < -0.4 is 11.2 Å². The van der Waals surface area contributed by atoms with Crippen LogP contribution >= 0.6 is 0 Å². The van der Waals surface area contributed by atoms with E-state index in [1.165, 1.54) is 13.2 Å². The van der Waals surface area contributed by atoms with Gasteiger partial charge >= 0.3 is 0 Å². The maximum Gasteiger partial charge on any atom is 0.292 e. The summed E-state index contributed by atoms with van der Waals surface area (Å²) in [6.07, 6.45) is 0. The normalized spacial score (nSPS) is 11.6. The van der Waals surface area contributed by atoms with Gasteiger partial charge in [0.15, 0.2) is 5.69 Å².